The molecule has 170 valence electrons. The summed E-state index contributed by atoms with van der Waals surface area (Å²) in [5.74, 6) is -1.03. The number of Topliss-reactive ketones (excluding diaryl/α,β-unsaturated/α-hetero) is 2. The Balaban J connectivity index is -0.000000109. The summed E-state index contributed by atoms with van der Waals surface area (Å²) < 4.78 is 8.80. The summed E-state index contributed by atoms with van der Waals surface area (Å²) in [6, 6.07) is 0. The van der Waals surface area contributed by atoms with Crippen molar-refractivity contribution in [3.63, 3.8) is 0 Å². The molecule has 9 heteroatoms. The summed E-state index contributed by atoms with van der Waals surface area (Å²) in [5.41, 5.74) is -0.817. The van der Waals surface area contributed by atoms with Gasteiger partial charge in [0.25, 0.3) is 0 Å². The van der Waals surface area contributed by atoms with Crippen LogP contribution in [-0.4, -0.2) is 51.9 Å². The van der Waals surface area contributed by atoms with E-state index in [1.807, 2.05) is 41.5 Å². The molecule has 0 bridgehead atoms. The summed E-state index contributed by atoms with van der Waals surface area (Å²) in [6.07, 6.45) is 1.25. The van der Waals surface area contributed by atoms with E-state index in [-0.39, 0.29) is 46.1 Å². The fourth-order valence-corrected chi connectivity index (χ4v) is 1.28. The Morgan fingerprint density at radius 2 is 0.862 bits per heavy atom. The number of carbonyl (C=O) groups is 4. The van der Waals surface area contributed by atoms with Crippen LogP contribution in [0.3, 0.4) is 0 Å². The summed E-state index contributed by atoms with van der Waals surface area (Å²) in [4.78, 5) is 44.2. The van der Waals surface area contributed by atoms with Gasteiger partial charge in [0.15, 0.2) is 0 Å². The minimum absolute atomic E-state index is 0. The molecule has 0 aliphatic rings. The van der Waals surface area contributed by atoms with E-state index < -0.39 is 22.8 Å². The molecule has 0 spiro atoms. The van der Waals surface area contributed by atoms with Gasteiger partial charge in [0.05, 0.1) is 14.2 Å². The van der Waals surface area contributed by atoms with Gasteiger partial charge in [0, 0.05) is 10.8 Å². The van der Waals surface area contributed by atoms with Crippen LogP contribution in [0.4, 0.5) is 0 Å². The molecule has 8 nitrogen and oxygen atoms in total. The molecule has 0 saturated heterocycles. The topological polar surface area (TPSA) is 133 Å². The van der Waals surface area contributed by atoms with E-state index in [1.54, 1.807) is 0 Å². The molecule has 0 radical (unpaired) electrons. The van der Waals surface area contributed by atoms with Crippen molar-refractivity contribution in [3.8, 4) is 0 Å². The quantitative estimate of drug-likeness (QED) is 0.302. The normalized spacial score (nSPS) is 9.52. The van der Waals surface area contributed by atoms with Crippen molar-refractivity contribution in [1.82, 2.24) is 0 Å². The molecule has 0 aromatic carbocycles. The van der Waals surface area contributed by atoms with Crippen LogP contribution in [-0.2, 0) is 50.4 Å². The molecule has 0 aliphatic carbocycles. The van der Waals surface area contributed by atoms with Crippen LogP contribution in [0.5, 0.6) is 0 Å². The minimum Gasteiger partial charge on any atom is -0.857 e. The predicted octanol–water partition coefficient (Wildman–Crippen LogP) is 1.06. The van der Waals surface area contributed by atoms with Gasteiger partial charge in [-0.25, -0.2) is 0 Å². The summed E-state index contributed by atoms with van der Waals surface area (Å²) in [5, 5.41) is 16.5. The first-order valence-electron chi connectivity index (χ1n) is 8.89. The second-order valence-corrected chi connectivity index (χ2v) is 6.83. The number of hydrogen-bond acceptors (Lipinski definition) is 8. The van der Waals surface area contributed by atoms with Crippen LogP contribution in [0.2, 0.25) is 0 Å². The summed E-state index contributed by atoms with van der Waals surface area (Å²) >= 11 is 0. The van der Waals surface area contributed by atoms with Gasteiger partial charge < -0.3 is 19.7 Å². The van der Waals surface area contributed by atoms with Crippen molar-refractivity contribution >= 4 is 23.5 Å². The first-order valence-corrected chi connectivity index (χ1v) is 8.89. The third kappa shape index (κ3) is 20.0. The zero-order valence-corrected chi connectivity index (χ0v) is 21.2. The van der Waals surface area contributed by atoms with Crippen LogP contribution in [0.25, 0.3) is 0 Å². The summed E-state index contributed by atoms with van der Waals surface area (Å²) in [6.45, 7) is 11.2. The molecule has 0 unspecified atom stereocenters. The van der Waals surface area contributed by atoms with Crippen molar-refractivity contribution < 1.29 is 60.6 Å². The third-order valence-corrected chi connectivity index (χ3v) is 4.34. The van der Waals surface area contributed by atoms with Crippen LogP contribution >= 0.6 is 0 Å². The molecule has 0 aromatic rings. The Morgan fingerprint density at radius 1 is 0.655 bits per heavy atom. The van der Waals surface area contributed by atoms with Gasteiger partial charge in [-0.15, -0.1) is 0 Å². The second-order valence-electron chi connectivity index (χ2n) is 6.83. The van der Waals surface area contributed by atoms with Crippen LogP contribution in [0.1, 0.15) is 67.2 Å². The van der Waals surface area contributed by atoms with Gasteiger partial charge in [-0.2, -0.15) is 14.2 Å². The molecule has 29 heavy (non-hydrogen) atoms. The van der Waals surface area contributed by atoms with E-state index in [4.69, 9.17) is 10.2 Å². The van der Waals surface area contributed by atoms with E-state index in [2.05, 4.69) is 9.47 Å². The van der Waals surface area contributed by atoms with Crippen LogP contribution < -0.4 is 10.2 Å². The van der Waals surface area contributed by atoms with Gasteiger partial charge in [-0.05, 0) is 12.8 Å². The van der Waals surface area contributed by atoms with E-state index in [0.29, 0.717) is 0 Å². The van der Waals surface area contributed by atoms with Crippen molar-refractivity contribution in [1.29, 1.82) is 0 Å². The maximum absolute atomic E-state index is 11.4. The molecular formula is C20H38O8Ti. The second kappa shape index (κ2) is 21.6. The van der Waals surface area contributed by atoms with E-state index in [9.17, 15) is 19.2 Å². The Labute approximate surface area is 190 Å². The predicted molar refractivity (Wildman–Crippen MR) is 103 cm³/mol. The molecule has 0 saturated carbocycles. The number of ether oxygens (including phenoxy) is 2. The Hall–Kier alpha value is -1.09. The van der Waals surface area contributed by atoms with Gasteiger partial charge in [0.2, 0.25) is 0 Å². The van der Waals surface area contributed by atoms with Gasteiger partial charge >= 0.3 is 33.7 Å². The number of carbonyl (C=O) groups excluding carboxylic acids is 4. The summed E-state index contributed by atoms with van der Waals surface area (Å²) in [7, 11) is 4.07. The molecule has 0 N–H and O–H groups in total. The minimum atomic E-state index is -0.457. The molecule has 0 rings (SSSR count). The molecule has 0 fully saturated rings. The van der Waals surface area contributed by atoms with E-state index in [1.165, 1.54) is 14.2 Å². The Bertz CT molecular complexity index is 417. The van der Waals surface area contributed by atoms with E-state index >= 15 is 0 Å². The van der Waals surface area contributed by atoms with Crippen molar-refractivity contribution in [3.05, 3.63) is 0 Å². The molecule has 0 heterocycles. The average molecular weight is 454 g/mol. The maximum Gasteiger partial charge on any atom is 2.00 e. The third-order valence-electron chi connectivity index (χ3n) is 4.34. The standard InChI is InChI=1S/2C9H16O3.2CH3O.Ti/c2*1-5-9(2,3)7(10)6-8(11)12-4;2*1-2;/h2*5-6H2,1-4H3;2*1H3;/q;;2*-1;+2. The maximum atomic E-state index is 11.4. The van der Waals surface area contributed by atoms with Crippen molar-refractivity contribution in [2.45, 2.75) is 67.2 Å². The number of methoxy groups -OCH3 is 2. The van der Waals surface area contributed by atoms with Crippen molar-refractivity contribution in [2.75, 3.05) is 28.4 Å². The zero-order chi connectivity index (χ0) is 23.6. The van der Waals surface area contributed by atoms with E-state index in [0.717, 1.165) is 27.1 Å². The smallest absolute Gasteiger partial charge is 0.857 e. The first-order chi connectivity index (χ1) is 12.9. The number of ketones is 2. The van der Waals surface area contributed by atoms with Crippen LogP contribution in [0.15, 0.2) is 0 Å². The monoisotopic (exact) mass is 454 g/mol. The number of esters is 2. The van der Waals surface area contributed by atoms with Crippen LogP contribution in [0, 0.1) is 10.8 Å². The average Bonchev–Trinajstić information content (AvgIpc) is 2.70. The largest absolute Gasteiger partial charge is 2.00 e. The molecule has 0 amide bonds. The van der Waals surface area contributed by atoms with Gasteiger partial charge in [-0.1, -0.05) is 41.5 Å². The van der Waals surface area contributed by atoms with Gasteiger partial charge in [-0.3, -0.25) is 19.2 Å². The molecule has 0 atom stereocenters. The first kappa shape index (κ1) is 38.5. The Morgan fingerprint density at radius 3 is 1.00 bits per heavy atom. The molecule has 0 aliphatic heterocycles. The SMILES string of the molecule is CCC(C)(C)C(=O)CC(=O)OC.CCC(C)(C)C(=O)CC(=O)OC.C[O-].C[O-].[Ti+2]. The zero-order valence-electron chi connectivity index (χ0n) is 19.6. The fourth-order valence-electron chi connectivity index (χ4n) is 1.28. The Kier molecular flexibility index (Phi) is 28.7. The molecular weight excluding hydrogens is 416 g/mol. The van der Waals surface area contributed by atoms with Gasteiger partial charge in [0.1, 0.15) is 24.4 Å². The number of rotatable bonds is 8. The fraction of sp³-hybridized carbons (Fsp3) is 0.800. The number of hydrogen-bond donors (Lipinski definition) is 0. The van der Waals surface area contributed by atoms with Crippen molar-refractivity contribution in [2.24, 2.45) is 10.8 Å². The molecule has 0 aromatic heterocycles.